The first-order valence-electron chi connectivity index (χ1n) is 7.33. The van der Waals surface area contributed by atoms with Gasteiger partial charge in [-0.1, -0.05) is 0 Å². The number of hydrogen-bond donors (Lipinski definition) is 4. The Balaban J connectivity index is 1.81. The van der Waals surface area contributed by atoms with Gasteiger partial charge in [0.25, 0.3) is 0 Å². The molecule has 0 aromatic carbocycles. The summed E-state index contributed by atoms with van der Waals surface area (Å²) >= 11 is 0. The zero-order chi connectivity index (χ0) is 16.5. The zero-order valence-electron chi connectivity index (χ0n) is 12.8. The molecule has 1 aliphatic rings. The largest absolute Gasteiger partial charge is 0.387 e. The highest BCUT2D eigenvalue weighted by Gasteiger charge is 2.14. The van der Waals surface area contributed by atoms with Crippen LogP contribution in [0.25, 0.3) is 22.6 Å². The van der Waals surface area contributed by atoms with Crippen molar-refractivity contribution in [3.8, 4) is 17.5 Å². The average Bonchev–Trinajstić information content (AvgIpc) is 3.30. The van der Waals surface area contributed by atoms with Gasteiger partial charge in [-0.05, 0) is 24.3 Å². The van der Waals surface area contributed by atoms with Gasteiger partial charge in [-0.3, -0.25) is 4.98 Å². The van der Waals surface area contributed by atoms with E-state index in [1.54, 1.807) is 23.0 Å². The molecule has 4 rings (SSSR count). The highest BCUT2D eigenvalue weighted by atomic mass is 15.6. The number of anilines is 1. The quantitative estimate of drug-likeness (QED) is 0.576. The van der Waals surface area contributed by atoms with Crippen LogP contribution in [-0.2, 0) is 0 Å². The predicted molar refractivity (Wildman–Crippen MR) is 90.1 cm³/mol. The molecule has 0 fully saturated rings. The number of pyridine rings is 1. The van der Waals surface area contributed by atoms with E-state index < -0.39 is 0 Å². The lowest BCUT2D eigenvalue weighted by Crippen LogP contribution is -2.31. The number of hydrogen-bond acceptors (Lipinski definition) is 7. The van der Waals surface area contributed by atoms with Gasteiger partial charge in [-0.15, -0.1) is 0 Å². The van der Waals surface area contributed by atoms with Crippen LogP contribution < -0.4 is 21.7 Å². The average molecular weight is 318 g/mol. The Labute approximate surface area is 137 Å². The number of nitriles is 1. The fourth-order valence-corrected chi connectivity index (χ4v) is 2.66. The van der Waals surface area contributed by atoms with Gasteiger partial charge < -0.3 is 16.2 Å². The summed E-state index contributed by atoms with van der Waals surface area (Å²) in [5.41, 5.74) is 14.5. The van der Waals surface area contributed by atoms with Crippen molar-refractivity contribution in [3.63, 3.8) is 0 Å². The van der Waals surface area contributed by atoms with Gasteiger partial charge >= 0.3 is 0 Å². The molecule has 3 aromatic rings. The van der Waals surface area contributed by atoms with Gasteiger partial charge in [-0.25, -0.2) is 4.52 Å². The van der Waals surface area contributed by atoms with E-state index in [9.17, 15) is 0 Å². The second-order valence-corrected chi connectivity index (χ2v) is 5.23. The van der Waals surface area contributed by atoms with Crippen LogP contribution in [0.5, 0.6) is 0 Å². The van der Waals surface area contributed by atoms with Crippen molar-refractivity contribution in [1.29, 1.82) is 5.26 Å². The van der Waals surface area contributed by atoms with Crippen LogP contribution in [0.15, 0.2) is 42.9 Å². The fourth-order valence-electron chi connectivity index (χ4n) is 2.66. The summed E-state index contributed by atoms with van der Waals surface area (Å²) in [5, 5.41) is 16.5. The second kappa shape index (κ2) is 5.57. The lowest BCUT2D eigenvalue weighted by atomic mass is 10.1. The summed E-state index contributed by atoms with van der Waals surface area (Å²) in [4.78, 5) is 4.56. The van der Waals surface area contributed by atoms with Gasteiger partial charge in [0.05, 0.1) is 34.4 Å². The van der Waals surface area contributed by atoms with Crippen molar-refractivity contribution in [3.05, 3.63) is 54.0 Å². The number of hydrazine groups is 2. The maximum Gasteiger partial charge on any atom is 0.101 e. The number of nitrogens with one attached hydrogen (secondary N) is 4. The minimum Gasteiger partial charge on any atom is -0.387 e. The topological polar surface area (TPSA) is 102 Å². The summed E-state index contributed by atoms with van der Waals surface area (Å²) in [5.74, 6) is 0. The molecule has 3 aromatic heterocycles. The third-order valence-electron chi connectivity index (χ3n) is 3.84. The molecular weight excluding hydrogens is 304 g/mol. The molecule has 0 bridgehead atoms. The highest BCUT2D eigenvalue weighted by molar-refractivity contribution is 5.78. The van der Waals surface area contributed by atoms with Gasteiger partial charge in [0.15, 0.2) is 0 Å². The number of aromatic nitrogens is 3. The van der Waals surface area contributed by atoms with Crippen molar-refractivity contribution < 1.29 is 0 Å². The smallest absolute Gasteiger partial charge is 0.101 e. The molecule has 0 spiro atoms. The van der Waals surface area contributed by atoms with Crippen molar-refractivity contribution in [2.24, 2.45) is 0 Å². The molecule has 0 saturated carbocycles. The lowest BCUT2D eigenvalue weighted by molar-refractivity contribution is 0.620. The number of rotatable bonds is 3. The van der Waals surface area contributed by atoms with E-state index in [1.165, 1.54) is 0 Å². The molecule has 0 unspecified atom stereocenters. The lowest BCUT2D eigenvalue weighted by Gasteiger charge is -2.11. The maximum atomic E-state index is 8.98. The highest BCUT2D eigenvalue weighted by Crippen LogP contribution is 2.27. The molecule has 8 heteroatoms. The van der Waals surface area contributed by atoms with Crippen LogP contribution in [-0.4, -0.2) is 21.6 Å². The third kappa shape index (κ3) is 2.20. The fraction of sp³-hybridized carbons (Fsp3) is 0.0625. The van der Waals surface area contributed by atoms with Crippen molar-refractivity contribution >= 4 is 16.9 Å². The van der Waals surface area contributed by atoms with Crippen molar-refractivity contribution in [1.82, 2.24) is 31.0 Å². The Morgan fingerprint density at radius 3 is 2.92 bits per heavy atom. The minimum absolute atomic E-state index is 0.533. The SMILES string of the molecule is CNc1cc(-c2ccc3cc(C#N)cnn23)ncc1C1=CNNN1. The Morgan fingerprint density at radius 1 is 1.25 bits per heavy atom. The van der Waals surface area contributed by atoms with E-state index in [2.05, 4.69) is 37.9 Å². The zero-order valence-corrected chi connectivity index (χ0v) is 12.8. The Kier molecular flexibility index (Phi) is 3.26. The van der Waals surface area contributed by atoms with E-state index in [4.69, 9.17) is 5.26 Å². The van der Waals surface area contributed by atoms with Gasteiger partial charge in [0, 0.05) is 30.7 Å². The number of fused-ring (bicyclic) bond motifs is 1. The Hall–Kier alpha value is -3.57. The van der Waals surface area contributed by atoms with Crippen LogP contribution in [0.4, 0.5) is 5.69 Å². The first-order valence-corrected chi connectivity index (χ1v) is 7.33. The predicted octanol–water partition coefficient (Wildman–Crippen LogP) is 1.22. The first-order chi connectivity index (χ1) is 11.8. The molecule has 0 aliphatic carbocycles. The molecule has 0 amide bonds. The molecule has 1 aliphatic heterocycles. The molecule has 8 nitrogen and oxygen atoms in total. The second-order valence-electron chi connectivity index (χ2n) is 5.23. The summed E-state index contributed by atoms with van der Waals surface area (Å²) in [7, 11) is 1.87. The third-order valence-corrected chi connectivity index (χ3v) is 3.84. The van der Waals surface area contributed by atoms with Gasteiger partial charge in [0.2, 0.25) is 0 Å². The van der Waals surface area contributed by atoms with Crippen LogP contribution in [0.1, 0.15) is 11.1 Å². The Morgan fingerprint density at radius 2 is 2.17 bits per heavy atom. The molecular formula is C16H14N8. The van der Waals surface area contributed by atoms with Crippen LogP contribution >= 0.6 is 0 Å². The summed E-state index contributed by atoms with van der Waals surface area (Å²) in [6.07, 6.45) is 5.18. The van der Waals surface area contributed by atoms with Crippen LogP contribution in [0.3, 0.4) is 0 Å². The van der Waals surface area contributed by atoms with Crippen LogP contribution in [0, 0.1) is 11.3 Å². The van der Waals surface area contributed by atoms with E-state index in [-0.39, 0.29) is 0 Å². The molecule has 0 saturated heterocycles. The van der Waals surface area contributed by atoms with E-state index in [1.807, 2.05) is 31.4 Å². The van der Waals surface area contributed by atoms with Crippen molar-refractivity contribution in [2.75, 3.05) is 12.4 Å². The summed E-state index contributed by atoms with van der Waals surface area (Å²) in [6.45, 7) is 0. The van der Waals surface area contributed by atoms with Crippen molar-refractivity contribution in [2.45, 2.75) is 0 Å². The molecule has 4 N–H and O–H groups in total. The summed E-state index contributed by atoms with van der Waals surface area (Å²) < 4.78 is 1.78. The Bertz CT molecular complexity index is 995. The first kappa shape index (κ1) is 14.0. The summed E-state index contributed by atoms with van der Waals surface area (Å²) in [6, 6.07) is 9.74. The van der Waals surface area contributed by atoms with Gasteiger partial charge in [-0.2, -0.15) is 15.9 Å². The van der Waals surface area contributed by atoms with E-state index in [0.717, 1.165) is 33.9 Å². The minimum atomic E-state index is 0.533. The standard InChI is InChI=1S/C16H14N8/c1-18-13-5-14(19-8-12(13)15-9-20-23-22-15)16-3-2-11-4-10(6-17)7-21-24(11)16/h2-5,7-9,20,22-23H,1H3,(H,18,19). The van der Waals surface area contributed by atoms with Crippen LogP contribution in [0.2, 0.25) is 0 Å². The normalized spacial score (nSPS) is 13.1. The molecule has 24 heavy (non-hydrogen) atoms. The maximum absolute atomic E-state index is 8.98. The number of nitrogens with zero attached hydrogens (tertiary/aromatic N) is 4. The molecule has 0 radical (unpaired) electrons. The monoisotopic (exact) mass is 318 g/mol. The van der Waals surface area contributed by atoms with E-state index in [0.29, 0.717) is 5.56 Å². The van der Waals surface area contributed by atoms with Gasteiger partial charge in [0.1, 0.15) is 6.07 Å². The molecule has 118 valence electrons. The van der Waals surface area contributed by atoms with E-state index >= 15 is 0 Å². The molecule has 4 heterocycles. The molecule has 0 atom stereocenters.